The quantitative estimate of drug-likeness (QED) is 0.455. The molecule has 7 rings (SSSR count). The second-order valence-electron chi connectivity index (χ2n) is 9.77. The van der Waals surface area contributed by atoms with Crippen LogP contribution in [0.3, 0.4) is 0 Å². The second-order valence-corrected chi connectivity index (χ2v) is 9.77. The summed E-state index contributed by atoms with van der Waals surface area (Å²) in [6, 6.07) is 17.3. The molecule has 2 atom stereocenters. The summed E-state index contributed by atoms with van der Waals surface area (Å²) in [6.45, 7) is 0.553. The maximum absolute atomic E-state index is 13.4. The highest BCUT2D eigenvalue weighted by Crippen LogP contribution is 2.49. The average molecular weight is 463 g/mol. The third-order valence-corrected chi connectivity index (χ3v) is 7.93. The van der Waals surface area contributed by atoms with Gasteiger partial charge in [0, 0.05) is 47.6 Å². The molecule has 2 aromatic carbocycles. The van der Waals surface area contributed by atoms with Crippen LogP contribution in [-0.4, -0.2) is 18.5 Å². The van der Waals surface area contributed by atoms with Crippen LogP contribution in [0.1, 0.15) is 58.0 Å². The average Bonchev–Trinajstić information content (AvgIpc) is 3.23. The number of aryl methyl sites for hydroxylation is 1. The van der Waals surface area contributed by atoms with Gasteiger partial charge in [0.2, 0.25) is 0 Å². The zero-order valence-corrected chi connectivity index (χ0v) is 19.4. The van der Waals surface area contributed by atoms with Gasteiger partial charge in [0.1, 0.15) is 11.3 Å². The van der Waals surface area contributed by atoms with E-state index < -0.39 is 5.63 Å². The standard InChI is InChI=1S/C30H26N2O3/c33-29-28-24(23-9-3-6-12-27(23)35-30(28)34)17-18-31(29)19-13-15-20(16-14-19)32-25-10-4-1-7-21(25)22-8-2-5-11-26(22)32/h1-4,7-10,13-16,22,26H,5-6,11-12,17-18H2. The molecule has 35 heavy (non-hydrogen) atoms. The van der Waals surface area contributed by atoms with E-state index >= 15 is 0 Å². The third-order valence-electron chi connectivity index (χ3n) is 7.93. The lowest BCUT2D eigenvalue weighted by molar-refractivity contribution is 0.0975. The van der Waals surface area contributed by atoms with E-state index in [1.165, 1.54) is 11.3 Å². The van der Waals surface area contributed by atoms with Crippen molar-refractivity contribution in [1.82, 2.24) is 0 Å². The first-order valence-corrected chi connectivity index (χ1v) is 12.5. The molecule has 0 saturated heterocycles. The lowest BCUT2D eigenvalue weighted by atomic mass is 9.87. The van der Waals surface area contributed by atoms with Crippen molar-refractivity contribution in [3.05, 3.63) is 105 Å². The van der Waals surface area contributed by atoms with Gasteiger partial charge in [-0.3, -0.25) is 4.79 Å². The first kappa shape index (κ1) is 20.5. The number of fused-ring (bicyclic) bond motifs is 6. The molecule has 5 nitrogen and oxygen atoms in total. The van der Waals surface area contributed by atoms with Crippen LogP contribution >= 0.6 is 0 Å². The molecule has 1 aromatic heterocycles. The van der Waals surface area contributed by atoms with E-state index in [4.69, 9.17) is 4.42 Å². The highest BCUT2D eigenvalue weighted by molar-refractivity contribution is 6.08. The Morgan fingerprint density at radius 3 is 2.60 bits per heavy atom. The number of hydrogen-bond donors (Lipinski definition) is 0. The summed E-state index contributed by atoms with van der Waals surface area (Å²) in [5.74, 6) is 0.862. The van der Waals surface area contributed by atoms with E-state index in [2.05, 4.69) is 59.5 Å². The Kier molecular flexibility index (Phi) is 4.59. The second kappa shape index (κ2) is 7.84. The highest BCUT2D eigenvalue weighted by Gasteiger charge is 2.38. The van der Waals surface area contributed by atoms with Gasteiger partial charge >= 0.3 is 5.63 Å². The summed E-state index contributed by atoms with van der Waals surface area (Å²) in [6.07, 6.45) is 13.2. The Morgan fingerprint density at radius 1 is 0.886 bits per heavy atom. The van der Waals surface area contributed by atoms with Gasteiger partial charge in [-0.25, -0.2) is 4.79 Å². The molecule has 0 radical (unpaired) electrons. The topological polar surface area (TPSA) is 53.8 Å². The largest absolute Gasteiger partial charge is 0.427 e. The van der Waals surface area contributed by atoms with Gasteiger partial charge in [0.15, 0.2) is 0 Å². The number of anilines is 3. The number of amides is 1. The monoisotopic (exact) mass is 462 g/mol. The Morgan fingerprint density at radius 2 is 1.71 bits per heavy atom. The normalized spacial score (nSPS) is 22.0. The van der Waals surface area contributed by atoms with Gasteiger partial charge in [-0.2, -0.15) is 0 Å². The molecule has 0 saturated carbocycles. The van der Waals surface area contributed by atoms with E-state index in [1.54, 1.807) is 4.90 Å². The smallest absolute Gasteiger partial charge is 0.349 e. The summed E-state index contributed by atoms with van der Waals surface area (Å²) < 4.78 is 5.56. The molecule has 2 aliphatic carbocycles. The molecular formula is C30H26N2O3. The number of nitrogens with zero attached hydrogens (tertiary/aromatic N) is 2. The molecule has 174 valence electrons. The minimum atomic E-state index is -0.509. The zero-order valence-electron chi connectivity index (χ0n) is 19.4. The fourth-order valence-electron chi connectivity index (χ4n) is 6.33. The molecule has 2 unspecified atom stereocenters. The summed E-state index contributed by atoms with van der Waals surface area (Å²) >= 11 is 0. The number of carbonyl (C=O) groups is 1. The summed E-state index contributed by atoms with van der Waals surface area (Å²) in [4.78, 5) is 30.4. The van der Waals surface area contributed by atoms with Crippen molar-refractivity contribution in [3.8, 4) is 0 Å². The predicted octanol–water partition coefficient (Wildman–Crippen LogP) is 5.76. The number of benzene rings is 2. The van der Waals surface area contributed by atoms with Gasteiger partial charge in [-0.15, -0.1) is 0 Å². The molecule has 0 N–H and O–H groups in total. The minimum absolute atomic E-state index is 0.191. The number of hydrogen-bond acceptors (Lipinski definition) is 4. The Balaban J connectivity index is 1.22. The van der Waals surface area contributed by atoms with Gasteiger partial charge in [-0.1, -0.05) is 42.5 Å². The van der Waals surface area contributed by atoms with E-state index in [9.17, 15) is 9.59 Å². The van der Waals surface area contributed by atoms with Crippen LogP contribution < -0.4 is 15.4 Å². The van der Waals surface area contributed by atoms with Gasteiger partial charge in [0.05, 0.1) is 0 Å². The first-order chi connectivity index (χ1) is 17.2. The van der Waals surface area contributed by atoms with Gasteiger partial charge < -0.3 is 14.2 Å². The molecule has 3 heterocycles. The van der Waals surface area contributed by atoms with Crippen molar-refractivity contribution >= 4 is 29.0 Å². The Labute approximate surface area is 204 Å². The van der Waals surface area contributed by atoms with Crippen LogP contribution in [-0.2, 0) is 12.8 Å². The Hall–Kier alpha value is -3.86. The SMILES string of the molecule is O=C1c2c(c3c(oc2=O)CCC=C3)CCN1c1ccc(N2c3ccccc3C3C=CCCC32)cc1. The highest BCUT2D eigenvalue weighted by atomic mass is 16.4. The van der Waals surface area contributed by atoms with E-state index in [-0.39, 0.29) is 11.5 Å². The molecule has 5 heteroatoms. The maximum Gasteiger partial charge on any atom is 0.349 e. The van der Waals surface area contributed by atoms with Crippen LogP contribution in [0.4, 0.5) is 17.1 Å². The van der Waals surface area contributed by atoms with E-state index in [1.807, 2.05) is 18.2 Å². The number of allylic oxidation sites excluding steroid dienone is 2. The maximum atomic E-state index is 13.4. The minimum Gasteiger partial charge on any atom is -0.427 e. The molecule has 1 amide bonds. The molecule has 0 bridgehead atoms. The lowest BCUT2D eigenvalue weighted by Gasteiger charge is -2.32. The van der Waals surface area contributed by atoms with Crippen molar-refractivity contribution in [2.75, 3.05) is 16.3 Å². The van der Waals surface area contributed by atoms with Gasteiger partial charge in [-0.05, 0) is 67.1 Å². The van der Waals surface area contributed by atoms with Crippen LogP contribution in [0.25, 0.3) is 6.08 Å². The van der Waals surface area contributed by atoms with Crippen LogP contribution in [0.5, 0.6) is 0 Å². The molecule has 3 aromatic rings. The summed E-state index contributed by atoms with van der Waals surface area (Å²) in [5, 5.41) is 0. The number of carbonyl (C=O) groups excluding carboxylic acids is 1. The summed E-state index contributed by atoms with van der Waals surface area (Å²) in [7, 11) is 0. The fourth-order valence-corrected chi connectivity index (χ4v) is 6.33. The molecule has 0 fully saturated rings. The van der Waals surface area contributed by atoms with E-state index in [0.717, 1.165) is 41.8 Å². The van der Waals surface area contributed by atoms with Crippen molar-refractivity contribution in [3.63, 3.8) is 0 Å². The van der Waals surface area contributed by atoms with Crippen molar-refractivity contribution < 1.29 is 9.21 Å². The Bertz CT molecular complexity index is 1460. The van der Waals surface area contributed by atoms with Crippen LogP contribution in [0, 0.1) is 0 Å². The number of rotatable bonds is 2. The molecule has 2 aliphatic heterocycles. The molecule has 0 spiro atoms. The van der Waals surface area contributed by atoms with Crippen molar-refractivity contribution in [2.45, 2.75) is 44.1 Å². The third kappa shape index (κ3) is 3.07. The van der Waals surface area contributed by atoms with Crippen LogP contribution in [0.2, 0.25) is 0 Å². The zero-order chi connectivity index (χ0) is 23.5. The molecular weight excluding hydrogens is 436 g/mol. The number of para-hydroxylation sites is 1. The van der Waals surface area contributed by atoms with Crippen molar-refractivity contribution in [1.29, 1.82) is 0 Å². The molecule has 4 aliphatic rings. The van der Waals surface area contributed by atoms with Crippen molar-refractivity contribution in [2.24, 2.45) is 0 Å². The van der Waals surface area contributed by atoms with Gasteiger partial charge in [0.25, 0.3) is 5.91 Å². The summed E-state index contributed by atoms with van der Waals surface area (Å²) in [5.41, 5.74) is 6.04. The predicted molar refractivity (Wildman–Crippen MR) is 138 cm³/mol. The first-order valence-electron chi connectivity index (χ1n) is 12.5. The van der Waals surface area contributed by atoms with E-state index in [0.29, 0.717) is 37.1 Å². The fraction of sp³-hybridized carbons (Fsp3) is 0.267. The lowest BCUT2D eigenvalue weighted by Crippen LogP contribution is -2.41. The van der Waals surface area contributed by atoms with Crippen LogP contribution in [0.15, 0.2) is 76.0 Å².